The summed E-state index contributed by atoms with van der Waals surface area (Å²) >= 11 is 0. The van der Waals surface area contributed by atoms with Gasteiger partial charge in [-0.1, -0.05) is 48.5 Å². The average Bonchev–Trinajstić information content (AvgIpc) is 3.52. The van der Waals surface area contributed by atoms with E-state index in [0.29, 0.717) is 19.4 Å². The average molecular weight is 463 g/mol. The van der Waals surface area contributed by atoms with Gasteiger partial charge < -0.3 is 20.1 Å². The molecule has 0 radical (unpaired) electrons. The first-order valence-electron chi connectivity index (χ1n) is 12.1. The van der Waals surface area contributed by atoms with E-state index in [1.165, 1.54) is 11.1 Å². The van der Waals surface area contributed by atoms with E-state index >= 15 is 0 Å². The molecule has 2 aliphatic carbocycles. The number of ether oxygens (including phenoxy) is 1. The fourth-order valence-electron chi connectivity index (χ4n) is 5.80. The van der Waals surface area contributed by atoms with Gasteiger partial charge in [-0.15, -0.1) is 0 Å². The fourth-order valence-corrected chi connectivity index (χ4v) is 5.80. The van der Waals surface area contributed by atoms with Gasteiger partial charge in [0.25, 0.3) is 0 Å². The number of carboxylic acids is 1. The minimum Gasteiger partial charge on any atom is -0.479 e. The predicted molar refractivity (Wildman–Crippen MR) is 126 cm³/mol. The van der Waals surface area contributed by atoms with Crippen molar-refractivity contribution in [2.75, 3.05) is 13.2 Å². The highest BCUT2D eigenvalue weighted by Crippen LogP contribution is 2.54. The van der Waals surface area contributed by atoms with E-state index in [-0.39, 0.29) is 36.8 Å². The van der Waals surface area contributed by atoms with Crippen LogP contribution in [0.1, 0.15) is 56.1 Å². The Balaban J connectivity index is 1.13. The smallest absolute Gasteiger partial charge is 0.407 e. The minimum absolute atomic E-state index is 0.00664. The number of carbonyl (C=O) groups excluding carboxylic acids is 2. The molecule has 178 valence electrons. The van der Waals surface area contributed by atoms with Crippen molar-refractivity contribution in [2.24, 2.45) is 5.92 Å². The summed E-state index contributed by atoms with van der Waals surface area (Å²) in [5, 5.41) is 12.5. The van der Waals surface area contributed by atoms with Crippen molar-refractivity contribution in [3.8, 4) is 11.1 Å². The Bertz CT molecular complexity index is 1090. The van der Waals surface area contributed by atoms with E-state index in [1.54, 1.807) is 4.90 Å². The summed E-state index contributed by atoms with van der Waals surface area (Å²) < 4.78 is 5.58. The molecule has 2 aromatic carbocycles. The normalized spacial score (nSPS) is 23.3. The Morgan fingerprint density at radius 2 is 1.76 bits per heavy atom. The largest absolute Gasteiger partial charge is 0.479 e. The van der Waals surface area contributed by atoms with Crippen LogP contribution in [0.2, 0.25) is 0 Å². The Morgan fingerprint density at radius 3 is 2.41 bits per heavy atom. The molecule has 1 saturated heterocycles. The number of fused-ring (bicyclic) bond motifs is 4. The number of rotatable bonds is 7. The lowest BCUT2D eigenvalue weighted by Gasteiger charge is -2.34. The number of alkyl carbamates (subject to hydrolysis) is 1. The molecule has 2 fully saturated rings. The molecule has 2 N–H and O–H groups in total. The van der Waals surface area contributed by atoms with Gasteiger partial charge in [0.2, 0.25) is 5.91 Å². The van der Waals surface area contributed by atoms with Crippen molar-refractivity contribution < 1.29 is 24.2 Å². The molecule has 2 amide bonds. The Hall–Kier alpha value is -3.35. The molecule has 0 aromatic heterocycles. The van der Waals surface area contributed by atoms with Gasteiger partial charge in [0, 0.05) is 24.9 Å². The topological polar surface area (TPSA) is 95.9 Å². The SMILES string of the molecule is CC(CCC(=O)N1CCCC2CC21C(=O)O)NC(=O)OCC1c2ccccc2-c2ccccc21. The van der Waals surface area contributed by atoms with Gasteiger partial charge in [-0.3, -0.25) is 4.79 Å². The van der Waals surface area contributed by atoms with Crippen molar-refractivity contribution in [1.29, 1.82) is 0 Å². The lowest BCUT2D eigenvalue weighted by atomic mass is 9.98. The number of benzene rings is 2. The third-order valence-corrected chi connectivity index (χ3v) is 7.66. The number of aliphatic carboxylic acids is 1. The van der Waals surface area contributed by atoms with Gasteiger partial charge >= 0.3 is 12.1 Å². The molecule has 34 heavy (non-hydrogen) atoms. The quantitative estimate of drug-likeness (QED) is 0.644. The molecule has 1 saturated carbocycles. The van der Waals surface area contributed by atoms with E-state index in [0.717, 1.165) is 24.0 Å². The fraction of sp³-hybridized carbons (Fsp3) is 0.444. The highest BCUT2D eigenvalue weighted by Gasteiger charge is 2.66. The van der Waals surface area contributed by atoms with Crippen LogP contribution in [0.25, 0.3) is 11.1 Å². The van der Waals surface area contributed by atoms with Crippen molar-refractivity contribution >= 4 is 18.0 Å². The van der Waals surface area contributed by atoms with Gasteiger partial charge in [0.15, 0.2) is 0 Å². The molecule has 0 bridgehead atoms. The molecular weight excluding hydrogens is 432 g/mol. The van der Waals surface area contributed by atoms with Gasteiger partial charge in [-0.2, -0.15) is 0 Å². The van der Waals surface area contributed by atoms with Crippen LogP contribution < -0.4 is 5.32 Å². The second kappa shape index (κ2) is 8.78. The summed E-state index contributed by atoms with van der Waals surface area (Å²) in [4.78, 5) is 38.6. The molecular formula is C27H30N2O5. The third kappa shape index (κ3) is 3.83. The first-order chi connectivity index (χ1) is 16.4. The lowest BCUT2D eigenvalue weighted by molar-refractivity contribution is -0.154. The molecule has 1 heterocycles. The number of amides is 2. The van der Waals surface area contributed by atoms with Crippen molar-refractivity contribution in [2.45, 2.75) is 56.5 Å². The number of carbonyl (C=O) groups is 3. The molecule has 3 unspecified atom stereocenters. The maximum absolute atomic E-state index is 12.8. The van der Waals surface area contributed by atoms with E-state index in [1.807, 2.05) is 31.2 Å². The zero-order valence-corrected chi connectivity index (χ0v) is 19.3. The number of likely N-dealkylation sites (tertiary alicyclic amines) is 1. The summed E-state index contributed by atoms with van der Waals surface area (Å²) in [6.07, 6.45) is 2.40. The van der Waals surface area contributed by atoms with Crippen LogP contribution >= 0.6 is 0 Å². The molecule has 2 aromatic rings. The zero-order valence-electron chi connectivity index (χ0n) is 19.3. The van der Waals surface area contributed by atoms with Crippen LogP contribution in [0.15, 0.2) is 48.5 Å². The van der Waals surface area contributed by atoms with Crippen LogP contribution in [0.3, 0.4) is 0 Å². The summed E-state index contributed by atoms with van der Waals surface area (Å²) in [6.45, 7) is 2.56. The molecule has 7 heteroatoms. The number of piperidine rings is 1. The monoisotopic (exact) mass is 462 g/mol. The van der Waals surface area contributed by atoms with Crippen molar-refractivity contribution in [1.82, 2.24) is 10.2 Å². The van der Waals surface area contributed by atoms with E-state index in [9.17, 15) is 19.5 Å². The highest BCUT2D eigenvalue weighted by molar-refractivity contribution is 5.90. The van der Waals surface area contributed by atoms with Crippen LogP contribution in [-0.4, -0.2) is 52.7 Å². The third-order valence-electron chi connectivity index (χ3n) is 7.66. The van der Waals surface area contributed by atoms with Crippen LogP contribution in [-0.2, 0) is 14.3 Å². The van der Waals surface area contributed by atoms with Gasteiger partial charge in [0.05, 0.1) is 0 Å². The van der Waals surface area contributed by atoms with Crippen molar-refractivity contribution in [3.05, 3.63) is 59.7 Å². The zero-order chi connectivity index (χ0) is 23.9. The van der Waals surface area contributed by atoms with Crippen LogP contribution in [0.5, 0.6) is 0 Å². The summed E-state index contributed by atoms with van der Waals surface area (Å²) in [5.41, 5.74) is 3.67. The molecule has 3 aliphatic rings. The Morgan fingerprint density at radius 1 is 1.12 bits per heavy atom. The molecule has 0 spiro atoms. The van der Waals surface area contributed by atoms with E-state index < -0.39 is 17.6 Å². The lowest BCUT2D eigenvalue weighted by Crippen LogP contribution is -2.51. The number of hydrogen-bond acceptors (Lipinski definition) is 4. The summed E-state index contributed by atoms with van der Waals surface area (Å²) in [5.74, 6) is -0.965. The van der Waals surface area contributed by atoms with E-state index in [4.69, 9.17) is 4.74 Å². The number of hydrogen-bond donors (Lipinski definition) is 2. The van der Waals surface area contributed by atoms with Gasteiger partial charge in [0.1, 0.15) is 12.1 Å². The van der Waals surface area contributed by atoms with Crippen LogP contribution in [0, 0.1) is 5.92 Å². The predicted octanol–water partition coefficient (Wildman–Crippen LogP) is 4.16. The molecule has 7 nitrogen and oxygen atoms in total. The summed E-state index contributed by atoms with van der Waals surface area (Å²) in [7, 11) is 0. The summed E-state index contributed by atoms with van der Waals surface area (Å²) in [6, 6.07) is 16.1. The number of nitrogens with zero attached hydrogens (tertiary/aromatic N) is 1. The van der Waals surface area contributed by atoms with Crippen molar-refractivity contribution in [3.63, 3.8) is 0 Å². The standard InChI is InChI=1S/C27H30N2O5/c1-17(12-13-24(30)29-14-6-7-18-15-27(18,29)25(31)32)28-26(33)34-16-23-21-10-4-2-8-19(21)20-9-3-5-11-22(20)23/h2-5,8-11,17-18,23H,6-7,12-16H2,1H3,(H,28,33)(H,31,32). The van der Waals surface area contributed by atoms with E-state index in [2.05, 4.69) is 29.6 Å². The maximum Gasteiger partial charge on any atom is 0.407 e. The Labute approximate surface area is 199 Å². The molecule has 1 aliphatic heterocycles. The second-order valence-corrected chi connectivity index (χ2v) is 9.73. The first-order valence-corrected chi connectivity index (χ1v) is 12.1. The Kier molecular flexibility index (Phi) is 5.80. The first kappa shape index (κ1) is 22.4. The molecule has 3 atom stereocenters. The number of nitrogens with one attached hydrogen (secondary N) is 1. The minimum atomic E-state index is -0.987. The molecule has 5 rings (SSSR count). The highest BCUT2D eigenvalue weighted by atomic mass is 16.5. The van der Waals surface area contributed by atoms with Gasteiger partial charge in [-0.25, -0.2) is 9.59 Å². The maximum atomic E-state index is 12.8. The van der Waals surface area contributed by atoms with Crippen LogP contribution in [0.4, 0.5) is 4.79 Å². The number of carboxylic acid groups (broad SMARTS) is 1. The second-order valence-electron chi connectivity index (χ2n) is 9.73. The van der Waals surface area contributed by atoms with Gasteiger partial charge in [-0.05, 0) is 60.8 Å².